The Morgan fingerprint density at radius 3 is 3.13 bits per heavy atom. The van der Waals surface area contributed by atoms with Crippen LogP contribution in [0, 0.1) is 10.8 Å². The molecule has 1 atom stereocenters. The molecule has 1 unspecified atom stereocenters. The summed E-state index contributed by atoms with van der Waals surface area (Å²) in [6.45, 7) is 5.22. The van der Waals surface area contributed by atoms with Crippen LogP contribution < -0.4 is 0 Å². The van der Waals surface area contributed by atoms with Crippen molar-refractivity contribution in [3.63, 3.8) is 0 Å². The molecule has 0 aromatic carbocycles. The first-order chi connectivity index (χ1) is 7.24. The lowest BCUT2D eigenvalue weighted by molar-refractivity contribution is 0.218. The quantitative estimate of drug-likeness (QED) is 0.708. The van der Waals surface area contributed by atoms with Crippen molar-refractivity contribution < 1.29 is 5.11 Å². The number of nitroso groups, excluding NO2 is 1. The van der Waals surface area contributed by atoms with E-state index in [-0.39, 0.29) is 5.76 Å². The first-order valence-corrected chi connectivity index (χ1v) is 5.43. The van der Waals surface area contributed by atoms with Gasteiger partial charge in [0.1, 0.15) is 11.5 Å². The standard InChI is InChI=1S/C11H16N2O2/c1-2-13-4-3-8-6-11(14)10(12-15)5-9(8)7-13/h6,9,14H,2-5,7H2,1H3. The maximum Gasteiger partial charge on any atom is 0.140 e. The van der Waals surface area contributed by atoms with Crippen LogP contribution >= 0.6 is 0 Å². The molecule has 1 N–H and O–H groups in total. The van der Waals surface area contributed by atoms with Crippen LogP contribution in [0.15, 0.2) is 28.3 Å². The zero-order valence-electron chi connectivity index (χ0n) is 8.94. The van der Waals surface area contributed by atoms with Gasteiger partial charge in [-0.2, -0.15) is 0 Å². The number of hydrogen-bond donors (Lipinski definition) is 1. The second kappa shape index (κ2) is 4.14. The molecule has 4 heteroatoms. The van der Waals surface area contributed by atoms with Gasteiger partial charge in [0.15, 0.2) is 0 Å². The molecule has 1 heterocycles. The lowest BCUT2D eigenvalue weighted by Crippen LogP contribution is -2.37. The number of likely N-dealkylation sites (tertiary alicyclic amines) is 1. The summed E-state index contributed by atoms with van der Waals surface area (Å²) in [4.78, 5) is 12.9. The van der Waals surface area contributed by atoms with Crippen molar-refractivity contribution in [2.24, 2.45) is 11.1 Å². The largest absolute Gasteiger partial charge is 0.506 e. The predicted octanol–water partition coefficient (Wildman–Crippen LogP) is 2.19. The normalized spacial score (nSPS) is 27.3. The summed E-state index contributed by atoms with van der Waals surface area (Å²) < 4.78 is 0. The van der Waals surface area contributed by atoms with E-state index in [1.165, 1.54) is 5.57 Å². The van der Waals surface area contributed by atoms with Gasteiger partial charge in [0.05, 0.1) is 0 Å². The molecular weight excluding hydrogens is 192 g/mol. The van der Waals surface area contributed by atoms with E-state index >= 15 is 0 Å². The van der Waals surface area contributed by atoms with E-state index in [1.54, 1.807) is 6.08 Å². The Bertz CT molecular complexity index is 333. The number of allylic oxidation sites excluding steroid dienone is 2. The second-order valence-corrected chi connectivity index (χ2v) is 4.19. The lowest BCUT2D eigenvalue weighted by Gasteiger charge is -2.35. The molecule has 1 aliphatic carbocycles. The van der Waals surface area contributed by atoms with Crippen molar-refractivity contribution in [2.45, 2.75) is 19.8 Å². The van der Waals surface area contributed by atoms with Crippen LogP contribution in [0.3, 0.4) is 0 Å². The molecule has 2 rings (SSSR count). The Kier molecular flexibility index (Phi) is 2.86. The van der Waals surface area contributed by atoms with Crippen LogP contribution in [0.1, 0.15) is 19.8 Å². The van der Waals surface area contributed by atoms with Crippen LogP contribution in [0.25, 0.3) is 0 Å². The summed E-state index contributed by atoms with van der Waals surface area (Å²) >= 11 is 0. The minimum Gasteiger partial charge on any atom is -0.506 e. The van der Waals surface area contributed by atoms with Gasteiger partial charge in [-0.15, -0.1) is 4.91 Å². The van der Waals surface area contributed by atoms with E-state index in [2.05, 4.69) is 17.0 Å². The fourth-order valence-corrected chi connectivity index (χ4v) is 2.37. The molecular formula is C11H16N2O2. The highest BCUT2D eigenvalue weighted by molar-refractivity contribution is 5.31. The summed E-state index contributed by atoms with van der Waals surface area (Å²) in [5.41, 5.74) is 1.58. The Balaban J connectivity index is 2.16. The molecule has 1 fully saturated rings. The average Bonchev–Trinajstić information content (AvgIpc) is 2.27. The fourth-order valence-electron chi connectivity index (χ4n) is 2.37. The average molecular weight is 208 g/mol. The molecule has 2 aliphatic rings. The number of nitrogens with zero attached hydrogens (tertiary/aromatic N) is 2. The molecule has 0 saturated carbocycles. The molecule has 15 heavy (non-hydrogen) atoms. The van der Waals surface area contributed by atoms with E-state index in [0.717, 1.165) is 26.1 Å². The van der Waals surface area contributed by atoms with Crippen molar-refractivity contribution in [1.29, 1.82) is 0 Å². The van der Waals surface area contributed by atoms with Crippen molar-refractivity contribution in [3.8, 4) is 0 Å². The van der Waals surface area contributed by atoms with E-state index in [0.29, 0.717) is 18.0 Å². The number of aliphatic hydroxyl groups is 1. The fraction of sp³-hybridized carbons (Fsp3) is 0.636. The van der Waals surface area contributed by atoms with Crippen molar-refractivity contribution in [1.82, 2.24) is 4.90 Å². The molecule has 82 valence electrons. The Morgan fingerprint density at radius 2 is 2.47 bits per heavy atom. The van der Waals surface area contributed by atoms with E-state index in [1.807, 2.05) is 0 Å². The highest BCUT2D eigenvalue weighted by atomic mass is 16.3. The summed E-state index contributed by atoms with van der Waals surface area (Å²) in [5, 5.41) is 12.4. The smallest absolute Gasteiger partial charge is 0.140 e. The van der Waals surface area contributed by atoms with Gasteiger partial charge in [0.2, 0.25) is 0 Å². The maximum absolute atomic E-state index is 10.5. The highest BCUT2D eigenvalue weighted by Gasteiger charge is 2.28. The molecule has 0 bridgehead atoms. The monoisotopic (exact) mass is 208 g/mol. The Hall–Kier alpha value is -1.16. The molecule has 0 spiro atoms. The third kappa shape index (κ3) is 1.95. The van der Waals surface area contributed by atoms with Crippen LogP contribution in [-0.2, 0) is 0 Å². The minimum absolute atomic E-state index is 0.0706. The zero-order chi connectivity index (χ0) is 10.8. The van der Waals surface area contributed by atoms with E-state index < -0.39 is 0 Å². The number of fused-ring (bicyclic) bond motifs is 1. The SMILES string of the molecule is CCN1CCC2=CC(O)=C(N=O)CC2C1. The van der Waals surface area contributed by atoms with Gasteiger partial charge in [-0.05, 0) is 30.1 Å². The van der Waals surface area contributed by atoms with Crippen molar-refractivity contribution in [3.05, 3.63) is 28.0 Å². The predicted molar refractivity (Wildman–Crippen MR) is 58.4 cm³/mol. The zero-order valence-corrected chi connectivity index (χ0v) is 8.94. The van der Waals surface area contributed by atoms with Crippen LogP contribution in [0.5, 0.6) is 0 Å². The van der Waals surface area contributed by atoms with Gasteiger partial charge in [0.25, 0.3) is 0 Å². The summed E-state index contributed by atoms with van der Waals surface area (Å²) in [6.07, 6.45) is 3.32. The van der Waals surface area contributed by atoms with Gasteiger partial charge < -0.3 is 10.0 Å². The summed E-state index contributed by atoms with van der Waals surface area (Å²) in [5.74, 6) is 0.448. The molecule has 0 aromatic rings. The molecule has 1 saturated heterocycles. The van der Waals surface area contributed by atoms with Gasteiger partial charge >= 0.3 is 0 Å². The summed E-state index contributed by atoms with van der Waals surface area (Å²) in [7, 11) is 0. The van der Waals surface area contributed by atoms with Crippen LogP contribution in [-0.4, -0.2) is 29.6 Å². The third-order valence-corrected chi connectivity index (χ3v) is 3.33. The highest BCUT2D eigenvalue weighted by Crippen LogP contribution is 2.34. The van der Waals surface area contributed by atoms with Crippen molar-refractivity contribution >= 4 is 0 Å². The van der Waals surface area contributed by atoms with Gasteiger partial charge in [-0.1, -0.05) is 12.5 Å². The number of rotatable bonds is 2. The van der Waals surface area contributed by atoms with E-state index in [4.69, 9.17) is 0 Å². The topological polar surface area (TPSA) is 52.9 Å². The van der Waals surface area contributed by atoms with Crippen molar-refractivity contribution in [2.75, 3.05) is 19.6 Å². The van der Waals surface area contributed by atoms with Gasteiger partial charge in [0, 0.05) is 19.5 Å². The number of hydrogen-bond acceptors (Lipinski definition) is 4. The third-order valence-electron chi connectivity index (χ3n) is 3.33. The molecule has 0 amide bonds. The van der Waals surface area contributed by atoms with Crippen LogP contribution in [0.2, 0.25) is 0 Å². The molecule has 0 radical (unpaired) electrons. The Morgan fingerprint density at radius 1 is 1.67 bits per heavy atom. The number of piperidine rings is 1. The maximum atomic E-state index is 10.5. The minimum atomic E-state index is 0.0706. The summed E-state index contributed by atoms with van der Waals surface area (Å²) in [6, 6.07) is 0. The Labute approximate surface area is 89.2 Å². The second-order valence-electron chi connectivity index (χ2n) is 4.19. The first-order valence-electron chi connectivity index (χ1n) is 5.43. The first kappa shape index (κ1) is 10.4. The molecule has 1 aliphatic heterocycles. The van der Waals surface area contributed by atoms with E-state index in [9.17, 15) is 10.0 Å². The number of aliphatic hydroxyl groups excluding tert-OH is 1. The van der Waals surface area contributed by atoms with Crippen LogP contribution in [0.4, 0.5) is 0 Å². The molecule has 4 nitrogen and oxygen atoms in total. The van der Waals surface area contributed by atoms with Gasteiger partial charge in [-0.25, -0.2) is 0 Å². The molecule has 0 aromatic heterocycles. The lowest BCUT2D eigenvalue weighted by atomic mass is 9.84. The van der Waals surface area contributed by atoms with Gasteiger partial charge in [-0.3, -0.25) is 0 Å².